The van der Waals surface area contributed by atoms with Gasteiger partial charge in [-0.3, -0.25) is 0 Å². The van der Waals surface area contributed by atoms with Gasteiger partial charge >= 0.3 is 0 Å². The molecule has 0 amide bonds. The van der Waals surface area contributed by atoms with Crippen molar-refractivity contribution in [1.82, 2.24) is 0 Å². The zero-order valence-electron chi connectivity index (χ0n) is 10.7. The van der Waals surface area contributed by atoms with E-state index in [0.717, 1.165) is 17.1 Å². The fourth-order valence-corrected chi connectivity index (χ4v) is 1.98. The first-order valence-corrected chi connectivity index (χ1v) is 6.37. The topological polar surface area (TPSA) is 44.5 Å². The van der Waals surface area contributed by atoms with Gasteiger partial charge in [0.1, 0.15) is 17.6 Å². The maximum Gasteiger partial charge on any atom is 0.136 e. The molecule has 0 saturated heterocycles. The van der Waals surface area contributed by atoms with Gasteiger partial charge in [-0.15, -0.1) is 0 Å². The van der Waals surface area contributed by atoms with E-state index in [1.165, 1.54) is 0 Å². The van der Waals surface area contributed by atoms with E-state index in [-0.39, 0.29) is 6.10 Å². The Morgan fingerprint density at radius 1 is 1.11 bits per heavy atom. The van der Waals surface area contributed by atoms with Crippen LogP contribution in [0.25, 0.3) is 0 Å². The van der Waals surface area contributed by atoms with E-state index in [1.807, 2.05) is 48.5 Å². The quantitative estimate of drug-likeness (QED) is 0.911. The van der Waals surface area contributed by atoms with E-state index in [9.17, 15) is 0 Å². The maximum atomic E-state index is 5.98. The summed E-state index contributed by atoms with van der Waals surface area (Å²) in [6.45, 7) is 0.381. The summed E-state index contributed by atoms with van der Waals surface area (Å²) in [5.41, 5.74) is 6.73. The van der Waals surface area contributed by atoms with Gasteiger partial charge in [0, 0.05) is 11.6 Å². The molecule has 0 radical (unpaired) electrons. The van der Waals surface area contributed by atoms with Crippen LogP contribution >= 0.6 is 11.6 Å². The van der Waals surface area contributed by atoms with Gasteiger partial charge < -0.3 is 15.2 Å². The van der Waals surface area contributed by atoms with Gasteiger partial charge in [-0.1, -0.05) is 23.7 Å². The molecule has 1 atom stereocenters. The van der Waals surface area contributed by atoms with Crippen LogP contribution in [0.15, 0.2) is 48.5 Å². The molecule has 0 heterocycles. The van der Waals surface area contributed by atoms with E-state index in [4.69, 9.17) is 26.8 Å². The SMILES string of the molecule is COc1ccc(OC(CN)c2cccc(Cl)c2)cc1. The fraction of sp³-hybridized carbons (Fsp3) is 0.200. The monoisotopic (exact) mass is 277 g/mol. The second-order valence-electron chi connectivity index (χ2n) is 4.07. The Morgan fingerprint density at radius 2 is 1.79 bits per heavy atom. The zero-order valence-corrected chi connectivity index (χ0v) is 11.4. The number of rotatable bonds is 5. The molecular weight excluding hydrogens is 262 g/mol. The molecule has 2 rings (SSSR count). The van der Waals surface area contributed by atoms with Gasteiger partial charge in [0.25, 0.3) is 0 Å². The lowest BCUT2D eigenvalue weighted by molar-refractivity contribution is 0.214. The summed E-state index contributed by atoms with van der Waals surface area (Å²) >= 11 is 5.98. The predicted molar refractivity (Wildman–Crippen MR) is 76.9 cm³/mol. The summed E-state index contributed by atoms with van der Waals surface area (Å²) in [7, 11) is 1.63. The molecule has 2 aromatic carbocycles. The maximum absolute atomic E-state index is 5.98. The molecule has 0 saturated carbocycles. The van der Waals surface area contributed by atoms with Crippen LogP contribution < -0.4 is 15.2 Å². The third kappa shape index (κ3) is 3.63. The van der Waals surface area contributed by atoms with Crippen molar-refractivity contribution < 1.29 is 9.47 Å². The molecule has 0 aromatic heterocycles. The molecular formula is C15H16ClNO2. The second kappa shape index (κ2) is 6.45. The highest BCUT2D eigenvalue weighted by Gasteiger charge is 2.11. The summed E-state index contributed by atoms with van der Waals surface area (Å²) in [6.07, 6.45) is -0.216. The Kier molecular flexibility index (Phi) is 4.66. The standard InChI is InChI=1S/C15H16ClNO2/c1-18-13-5-7-14(8-6-13)19-15(10-17)11-3-2-4-12(16)9-11/h2-9,15H,10,17H2,1H3. The normalized spacial score (nSPS) is 11.9. The summed E-state index contributed by atoms with van der Waals surface area (Å²) in [6, 6.07) is 14.9. The first-order valence-electron chi connectivity index (χ1n) is 5.99. The average Bonchev–Trinajstić information content (AvgIpc) is 2.45. The van der Waals surface area contributed by atoms with Crippen molar-refractivity contribution in [2.75, 3.05) is 13.7 Å². The molecule has 0 aliphatic rings. The molecule has 0 bridgehead atoms. The minimum Gasteiger partial charge on any atom is -0.497 e. The van der Waals surface area contributed by atoms with Crippen molar-refractivity contribution in [3.63, 3.8) is 0 Å². The number of benzene rings is 2. The lowest BCUT2D eigenvalue weighted by Gasteiger charge is -2.18. The first kappa shape index (κ1) is 13.7. The molecule has 0 aliphatic carbocycles. The first-order chi connectivity index (χ1) is 9.22. The minimum atomic E-state index is -0.216. The van der Waals surface area contributed by atoms with Crippen LogP contribution in [0.4, 0.5) is 0 Å². The lowest BCUT2D eigenvalue weighted by atomic mass is 10.1. The summed E-state index contributed by atoms with van der Waals surface area (Å²) in [5, 5.41) is 0.675. The van der Waals surface area contributed by atoms with Gasteiger partial charge in [0.15, 0.2) is 0 Å². The number of hydrogen-bond donors (Lipinski definition) is 1. The van der Waals surface area contributed by atoms with Crippen molar-refractivity contribution >= 4 is 11.6 Å². The summed E-state index contributed by atoms with van der Waals surface area (Å²) in [4.78, 5) is 0. The Labute approximate surface area is 117 Å². The lowest BCUT2D eigenvalue weighted by Crippen LogP contribution is -2.18. The third-order valence-electron chi connectivity index (χ3n) is 2.77. The van der Waals surface area contributed by atoms with Crippen LogP contribution in [-0.2, 0) is 0 Å². The van der Waals surface area contributed by atoms with Crippen LogP contribution in [0.5, 0.6) is 11.5 Å². The smallest absolute Gasteiger partial charge is 0.136 e. The van der Waals surface area contributed by atoms with Crippen LogP contribution in [0, 0.1) is 0 Å². The number of methoxy groups -OCH3 is 1. The molecule has 0 aliphatic heterocycles. The van der Waals surface area contributed by atoms with E-state index >= 15 is 0 Å². The van der Waals surface area contributed by atoms with Crippen LogP contribution in [0.2, 0.25) is 5.02 Å². The largest absolute Gasteiger partial charge is 0.497 e. The highest BCUT2D eigenvalue weighted by atomic mass is 35.5. The highest BCUT2D eigenvalue weighted by Crippen LogP contribution is 2.25. The fourth-order valence-electron chi connectivity index (χ4n) is 1.78. The van der Waals surface area contributed by atoms with Gasteiger partial charge in [0.05, 0.1) is 7.11 Å². The predicted octanol–water partition coefficient (Wildman–Crippen LogP) is 3.43. The number of nitrogens with two attached hydrogens (primary N) is 1. The van der Waals surface area contributed by atoms with Crippen molar-refractivity contribution in [3.8, 4) is 11.5 Å². The summed E-state index contributed by atoms with van der Waals surface area (Å²) in [5.74, 6) is 1.54. The molecule has 2 aromatic rings. The molecule has 1 unspecified atom stereocenters. The van der Waals surface area contributed by atoms with Crippen molar-refractivity contribution in [1.29, 1.82) is 0 Å². The van der Waals surface area contributed by atoms with E-state index in [1.54, 1.807) is 7.11 Å². The molecule has 3 nitrogen and oxygen atoms in total. The number of ether oxygens (including phenoxy) is 2. The molecule has 19 heavy (non-hydrogen) atoms. The molecule has 100 valence electrons. The number of halogens is 1. The van der Waals surface area contributed by atoms with Gasteiger partial charge in [-0.05, 0) is 42.0 Å². The summed E-state index contributed by atoms with van der Waals surface area (Å²) < 4.78 is 11.0. The second-order valence-corrected chi connectivity index (χ2v) is 4.51. The molecule has 0 spiro atoms. The Hall–Kier alpha value is -1.71. The minimum absolute atomic E-state index is 0.216. The van der Waals surface area contributed by atoms with Crippen LogP contribution in [0.1, 0.15) is 11.7 Å². The van der Waals surface area contributed by atoms with Crippen molar-refractivity contribution in [2.24, 2.45) is 5.73 Å². The van der Waals surface area contributed by atoms with E-state index in [2.05, 4.69) is 0 Å². The van der Waals surface area contributed by atoms with Gasteiger partial charge in [-0.25, -0.2) is 0 Å². The number of hydrogen-bond acceptors (Lipinski definition) is 3. The van der Waals surface area contributed by atoms with Gasteiger partial charge in [-0.2, -0.15) is 0 Å². The van der Waals surface area contributed by atoms with E-state index < -0.39 is 0 Å². The molecule has 4 heteroatoms. The van der Waals surface area contributed by atoms with Crippen molar-refractivity contribution in [2.45, 2.75) is 6.10 Å². The van der Waals surface area contributed by atoms with E-state index in [0.29, 0.717) is 11.6 Å². The Morgan fingerprint density at radius 3 is 2.37 bits per heavy atom. The third-order valence-corrected chi connectivity index (χ3v) is 3.01. The van der Waals surface area contributed by atoms with Crippen LogP contribution in [0.3, 0.4) is 0 Å². The molecule has 0 fully saturated rings. The Balaban J connectivity index is 2.14. The average molecular weight is 278 g/mol. The highest BCUT2D eigenvalue weighted by molar-refractivity contribution is 6.30. The van der Waals surface area contributed by atoms with Crippen LogP contribution in [-0.4, -0.2) is 13.7 Å². The molecule has 2 N–H and O–H groups in total. The Bertz CT molecular complexity index is 528. The van der Waals surface area contributed by atoms with Gasteiger partial charge in [0.2, 0.25) is 0 Å². The van der Waals surface area contributed by atoms with Crippen molar-refractivity contribution in [3.05, 3.63) is 59.1 Å². The zero-order chi connectivity index (χ0) is 13.7.